The molecular weight excluding hydrogens is 242 g/mol. The van der Waals surface area contributed by atoms with E-state index in [-0.39, 0.29) is 18.5 Å². The molecule has 5 nitrogen and oxygen atoms in total. The van der Waals surface area contributed by atoms with Crippen molar-refractivity contribution in [2.75, 3.05) is 24.5 Å². The van der Waals surface area contributed by atoms with E-state index in [1.54, 1.807) is 0 Å². The molecule has 1 aromatic carbocycles. The van der Waals surface area contributed by atoms with E-state index in [4.69, 9.17) is 0 Å². The van der Waals surface area contributed by atoms with Crippen molar-refractivity contribution < 1.29 is 9.59 Å². The summed E-state index contributed by atoms with van der Waals surface area (Å²) < 4.78 is 0. The van der Waals surface area contributed by atoms with E-state index in [2.05, 4.69) is 22.8 Å². The third kappa shape index (κ3) is 2.46. The molecule has 2 fully saturated rings. The van der Waals surface area contributed by atoms with Crippen LogP contribution in [0.25, 0.3) is 0 Å². The van der Waals surface area contributed by atoms with Crippen LogP contribution in [0.4, 0.5) is 10.5 Å². The molecule has 0 radical (unpaired) electrons. The fraction of sp³-hybridized carbons (Fsp3) is 0.429. The van der Waals surface area contributed by atoms with Crippen molar-refractivity contribution in [2.45, 2.75) is 18.8 Å². The second-order valence-corrected chi connectivity index (χ2v) is 5.06. The number of carbonyl (C=O) groups excluding carboxylic acids is 2. The smallest absolute Gasteiger partial charge is 0.317 e. The third-order valence-electron chi connectivity index (χ3n) is 3.81. The zero-order chi connectivity index (χ0) is 13.2. The van der Waals surface area contributed by atoms with Gasteiger partial charge in [0.15, 0.2) is 0 Å². The van der Waals surface area contributed by atoms with Gasteiger partial charge in [-0.25, -0.2) is 4.79 Å². The zero-order valence-corrected chi connectivity index (χ0v) is 10.7. The Morgan fingerprint density at radius 2 is 1.74 bits per heavy atom. The minimum absolute atomic E-state index is 0.117. The summed E-state index contributed by atoms with van der Waals surface area (Å²) in [7, 11) is 0. The van der Waals surface area contributed by atoms with Gasteiger partial charge in [0.25, 0.3) is 0 Å². The van der Waals surface area contributed by atoms with Gasteiger partial charge in [0.1, 0.15) is 6.54 Å². The van der Waals surface area contributed by atoms with E-state index < -0.39 is 0 Å². The molecule has 3 rings (SSSR count). The molecule has 0 aliphatic carbocycles. The highest BCUT2D eigenvalue weighted by Crippen LogP contribution is 2.27. The van der Waals surface area contributed by atoms with Crippen LogP contribution < -0.4 is 15.5 Å². The minimum atomic E-state index is -0.334. The summed E-state index contributed by atoms with van der Waals surface area (Å²) in [5, 5.41) is 5.64. The van der Waals surface area contributed by atoms with E-state index >= 15 is 0 Å². The fourth-order valence-corrected chi connectivity index (χ4v) is 2.73. The molecule has 2 N–H and O–H groups in total. The van der Waals surface area contributed by atoms with Crippen molar-refractivity contribution in [1.29, 1.82) is 0 Å². The quantitative estimate of drug-likeness (QED) is 0.785. The summed E-state index contributed by atoms with van der Waals surface area (Å²) in [4.78, 5) is 24.2. The van der Waals surface area contributed by atoms with E-state index in [9.17, 15) is 9.59 Å². The molecule has 5 heteroatoms. The molecule has 0 aromatic heterocycles. The fourth-order valence-electron chi connectivity index (χ4n) is 2.73. The van der Waals surface area contributed by atoms with Crippen molar-refractivity contribution in [3.63, 3.8) is 0 Å². The maximum atomic E-state index is 11.6. The Morgan fingerprint density at radius 3 is 2.32 bits per heavy atom. The molecule has 100 valence electrons. The van der Waals surface area contributed by atoms with Gasteiger partial charge in [0.05, 0.1) is 0 Å². The first-order valence-electron chi connectivity index (χ1n) is 6.66. The first-order valence-corrected chi connectivity index (χ1v) is 6.66. The summed E-state index contributed by atoms with van der Waals surface area (Å²) in [5.74, 6) is 0.358. The summed E-state index contributed by atoms with van der Waals surface area (Å²) in [6.45, 7) is 2.25. The number of nitrogens with zero attached hydrogens (tertiary/aromatic N) is 1. The Hall–Kier alpha value is -1.88. The lowest BCUT2D eigenvalue weighted by atomic mass is 9.90. The van der Waals surface area contributed by atoms with E-state index in [1.807, 2.05) is 12.1 Å². The molecule has 19 heavy (non-hydrogen) atoms. The molecule has 0 saturated carbocycles. The van der Waals surface area contributed by atoms with Gasteiger partial charge in [0, 0.05) is 5.69 Å². The molecule has 2 aliphatic rings. The molecule has 2 aliphatic heterocycles. The van der Waals surface area contributed by atoms with Gasteiger partial charge in [0.2, 0.25) is 5.91 Å². The number of rotatable bonds is 2. The second kappa shape index (κ2) is 5.01. The summed E-state index contributed by atoms with van der Waals surface area (Å²) >= 11 is 0. The second-order valence-electron chi connectivity index (χ2n) is 5.06. The van der Waals surface area contributed by atoms with Crippen molar-refractivity contribution >= 4 is 17.6 Å². The zero-order valence-electron chi connectivity index (χ0n) is 10.7. The van der Waals surface area contributed by atoms with Crippen LogP contribution in [0.3, 0.4) is 0 Å². The first kappa shape index (κ1) is 12.2. The van der Waals surface area contributed by atoms with E-state index in [1.165, 1.54) is 10.5 Å². The minimum Gasteiger partial charge on any atom is -0.317 e. The normalized spacial score (nSPS) is 20.7. The van der Waals surface area contributed by atoms with Gasteiger partial charge in [-0.3, -0.25) is 15.0 Å². The van der Waals surface area contributed by atoms with Crippen LogP contribution in [-0.4, -0.2) is 31.6 Å². The molecule has 2 heterocycles. The number of hydrogen-bond donors (Lipinski definition) is 2. The number of benzene rings is 1. The SMILES string of the molecule is O=C1CN(c2ccc(C3CCNCC3)cc2)C(=O)N1. The van der Waals surface area contributed by atoms with E-state index in [0.717, 1.165) is 31.6 Å². The van der Waals surface area contributed by atoms with Crippen LogP contribution in [-0.2, 0) is 4.79 Å². The van der Waals surface area contributed by atoms with E-state index in [0.29, 0.717) is 5.92 Å². The van der Waals surface area contributed by atoms with Crippen LogP contribution >= 0.6 is 0 Å². The number of piperidine rings is 1. The number of amides is 3. The molecule has 0 bridgehead atoms. The van der Waals surface area contributed by atoms with Crippen LogP contribution in [0, 0.1) is 0 Å². The molecule has 0 unspecified atom stereocenters. The monoisotopic (exact) mass is 259 g/mol. The van der Waals surface area contributed by atoms with Gasteiger partial charge in [-0.2, -0.15) is 0 Å². The number of carbonyl (C=O) groups is 2. The topological polar surface area (TPSA) is 61.4 Å². The number of urea groups is 1. The number of hydrogen-bond acceptors (Lipinski definition) is 3. The number of imide groups is 1. The highest BCUT2D eigenvalue weighted by molar-refractivity contribution is 6.12. The average Bonchev–Trinajstić information content (AvgIpc) is 2.79. The van der Waals surface area contributed by atoms with Crippen molar-refractivity contribution in [3.8, 4) is 0 Å². The third-order valence-corrected chi connectivity index (χ3v) is 3.81. The van der Waals surface area contributed by atoms with Crippen molar-refractivity contribution in [2.24, 2.45) is 0 Å². The standard InChI is InChI=1S/C14H17N3O2/c18-13-9-17(14(19)16-13)12-3-1-10(2-4-12)11-5-7-15-8-6-11/h1-4,11,15H,5-9H2,(H,16,18,19). The Labute approximate surface area is 112 Å². The van der Waals surface area contributed by atoms with Gasteiger partial charge >= 0.3 is 6.03 Å². The van der Waals surface area contributed by atoms with Gasteiger partial charge < -0.3 is 5.32 Å². The number of anilines is 1. The lowest BCUT2D eigenvalue weighted by Crippen LogP contribution is -2.28. The van der Waals surface area contributed by atoms with Crippen LogP contribution in [0.15, 0.2) is 24.3 Å². The summed E-state index contributed by atoms with van der Waals surface area (Å²) in [6, 6.07) is 7.66. The Kier molecular flexibility index (Phi) is 3.21. The molecule has 0 atom stereocenters. The summed E-state index contributed by atoms with van der Waals surface area (Å²) in [5.41, 5.74) is 2.09. The van der Waals surface area contributed by atoms with Crippen LogP contribution in [0.5, 0.6) is 0 Å². The molecule has 1 aromatic rings. The predicted octanol–water partition coefficient (Wildman–Crippen LogP) is 1.21. The lowest BCUT2D eigenvalue weighted by molar-refractivity contribution is -0.117. The van der Waals surface area contributed by atoms with Crippen LogP contribution in [0.2, 0.25) is 0 Å². The maximum Gasteiger partial charge on any atom is 0.329 e. The molecular formula is C14H17N3O2. The molecule has 0 spiro atoms. The lowest BCUT2D eigenvalue weighted by Gasteiger charge is -2.23. The number of nitrogens with one attached hydrogen (secondary N) is 2. The van der Waals surface area contributed by atoms with Crippen LogP contribution in [0.1, 0.15) is 24.3 Å². The largest absolute Gasteiger partial charge is 0.329 e. The molecule has 2 saturated heterocycles. The predicted molar refractivity (Wildman–Crippen MR) is 72.2 cm³/mol. The maximum absolute atomic E-state index is 11.6. The van der Waals surface area contributed by atoms with Gasteiger partial charge in [-0.15, -0.1) is 0 Å². The highest BCUT2D eigenvalue weighted by atomic mass is 16.2. The van der Waals surface area contributed by atoms with Gasteiger partial charge in [-0.05, 0) is 49.5 Å². The average molecular weight is 259 g/mol. The Morgan fingerprint density at radius 1 is 1.05 bits per heavy atom. The Bertz CT molecular complexity index is 492. The highest BCUT2D eigenvalue weighted by Gasteiger charge is 2.27. The van der Waals surface area contributed by atoms with Crippen molar-refractivity contribution in [1.82, 2.24) is 10.6 Å². The summed E-state index contributed by atoms with van der Waals surface area (Å²) in [6.07, 6.45) is 2.31. The van der Waals surface area contributed by atoms with Crippen molar-refractivity contribution in [3.05, 3.63) is 29.8 Å². The first-order chi connectivity index (χ1) is 9.24. The molecule has 3 amide bonds. The van der Waals surface area contributed by atoms with Gasteiger partial charge in [-0.1, -0.05) is 12.1 Å². The Balaban J connectivity index is 1.75.